The van der Waals surface area contributed by atoms with Gasteiger partial charge in [-0.05, 0) is 23.7 Å². The summed E-state index contributed by atoms with van der Waals surface area (Å²) in [5.41, 5.74) is 0.834. The summed E-state index contributed by atoms with van der Waals surface area (Å²) in [4.78, 5) is 0. The van der Waals surface area contributed by atoms with Gasteiger partial charge in [0, 0.05) is 0 Å². The number of hydrogen-bond acceptors (Lipinski definition) is 0. The maximum atomic E-state index is 2.40. The molecular formula is C10H21. The second kappa shape index (κ2) is 2.94. The summed E-state index contributed by atoms with van der Waals surface area (Å²) in [5.74, 6) is 0. The van der Waals surface area contributed by atoms with Gasteiger partial charge in [0.05, 0.1) is 0 Å². The molecule has 0 aromatic rings. The predicted molar refractivity (Wildman–Crippen MR) is 47.8 cm³/mol. The minimum atomic E-state index is 0.382. The molecule has 0 heteroatoms. The first-order valence-electron chi connectivity index (χ1n) is 4.05. The van der Waals surface area contributed by atoms with E-state index in [0.717, 1.165) is 0 Å². The van der Waals surface area contributed by atoms with Crippen LogP contribution in [0, 0.1) is 17.3 Å². The van der Waals surface area contributed by atoms with Crippen LogP contribution in [0.3, 0.4) is 0 Å². The lowest BCUT2D eigenvalue weighted by Crippen LogP contribution is -2.13. The largest absolute Gasteiger partial charge is 0.0602 e. The van der Waals surface area contributed by atoms with Gasteiger partial charge in [-0.25, -0.2) is 0 Å². The molecule has 0 aliphatic carbocycles. The summed E-state index contributed by atoms with van der Waals surface area (Å²) in [5, 5.41) is 0. The second-order valence-electron chi connectivity index (χ2n) is 5.33. The average Bonchev–Trinajstić information content (AvgIpc) is 1.57. The molecule has 0 saturated carbocycles. The molecule has 0 rings (SSSR count). The zero-order valence-corrected chi connectivity index (χ0v) is 8.28. The minimum Gasteiger partial charge on any atom is -0.0602 e. The normalized spacial score (nSPS) is 13.8. The van der Waals surface area contributed by atoms with E-state index >= 15 is 0 Å². The standard InChI is InChI=1S/C10H21/c1-9(2,3)7-8-10(4,5)6/h7H,8H2,1-6H3. The maximum absolute atomic E-state index is 2.40. The molecule has 0 nitrogen and oxygen atoms in total. The van der Waals surface area contributed by atoms with Gasteiger partial charge in [-0.1, -0.05) is 41.5 Å². The molecule has 0 unspecified atom stereocenters. The van der Waals surface area contributed by atoms with Crippen LogP contribution in [-0.2, 0) is 0 Å². The Bertz CT molecular complexity index is 73.6. The van der Waals surface area contributed by atoms with Crippen LogP contribution < -0.4 is 0 Å². The minimum absolute atomic E-state index is 0.382. The Labute approximate surface area is 66.0 Å². The highest BCUT2D eigenvalue weighted by Gasteiger charge is 2.16. The molecule has 0 N–H and O–H groups in total. The molecule has 0 heterocycles. The molecule has 0 aromatic carbocycles. The number of hydrogen-bond donors (Lipinski definition) is 0. The van der Waals surface area contributed by atoms with E-state index in [0.29, 0.717) is 10.8 Å². The van der Waals surface area contributed by atoms with Crippen LogP contribution >= 0.6 is 0 Å². The third kappa shape index (κ3) is 8.00. The molecule has 0 aliphatic rings. The van der Waals surface area contributed by atoms with Gasteiger partial charge in [-0.15, -0.1) is 0 Å². The van der Waals surface area contributed by atoms with E-state index in [2.05, 4.69) is 48.0 Å². The van der Waals surface area contributed by atoms with Crippen molar-refractivity contribution in [3.05, 3.63) is 6.42 Å². The summed E-state index contributed by atoms with van der Waals surface area (Å²) in [7, 11) is 0. The highest BCUT2D eigenvalue weighted by Crippen LogP contribution is 2.28. The molecule has 0 fully saturated rings. The lowest BCUT2D eigenvalue weighted by Gasteiger charge is -2.24. The van der Waals surface area contributed by atoms with Crippen LogP contribution in [0.4, 0.5) is 0 Å². The van der Waals surface area contributed by atoms with Crippen molar-refractivity contribution < 1.29 is 0 Å². The molecule has 61 valence electrons. The fourth-order valence-electron chi connectivity index (χ4n) is 0.612. The molecule has 10 heavy (non-hydrogen) atoms. The van der Waals surface area contributed by atoms with Gasteiger partial charge in [-0.3, -0.25) is 0 Å². The SMILES string of the molecule is CC(C)(C)[CH]CC(C)(C)C. The Balaban J connectivity index is 3.56. The molecule has 0 aromatic heterocycles. The molecule has 0 aliphatic heterocycles. The van der Waals surface area contributed by atoms with Crippen LogP contribution in [0.1, 0.15) is 48.0 Å². The van der Waals surface area contributed by atoms with E-state index in [-0.39, 0.29) is 0 Å². The van der Waals surface area contributed by atoms with Crippen LogP contribution in [0.15, 0.2) is 0 Å². The average molecular weight is 141 g/mol. The lowest BCUT2D eigenvalue weighted by molar-refractivity contribution is 0.353. The molecular weight excluding hydrogens is 120 g/mol. The summed E-state index contributed by atoms with van der Waals surface area (Å²) >= 11 is 0. The molecule has 0 bridgehead atoms. The first kappa shape index (κ1) is 10.0. The highest BCUT2D eigenvalue weighted by atomic mass is 14.2. The van der Waals surface area contributed by atoms with Crippen molar-refractivity contribution in [3.8, 4) is 0 Å². The number of rotatable bonds is 1. The van der Waals surface area contributed by atoms with Crippen molar-refractivity contribution in [1.82, 2.24) is 0 Å². The molecule has 0 atom stereocenters. The predicted octanol–water partition coefficient (Wildman–Crippen LogP) is 3.67. The highest BCUT2D eigenvalue weighted by molar-refractivity contribution is 4.84. The fraction of sp³-hybridized carbons (Fsp3) is 0.900. The van der Waals surface area contributed by atoms with E-state index in [1.807, 2.05) is 0 Å². The summed E-state index contributed by atoms with van der Waals surface area (Å²) < 4.78 is 0. The zero-order valence-electron chi connectivity index (χ0n) is 8.28. The van der Waals surface area contributed by atoms with E-state index in [1.165, 1.54) is 6.42 Å². The second-order valence-corrected chi connectivity index (χ2v) is 5.33. The zero-order chi connectivity index (χ0) is 8.41. The Morgan fingerprint density at radius 2 is 1.30 bits per heavy atom. The molecule has 0 amide bonds. The van der Waals surface area contributed by atoms with Crippen molar-refractivity contribution in [2.24, 2.45) is 10.8 Å². The van der Waals surface area contributed by atoms with Gasteiger partial charge in [0.1, 0.15) is 0 Å². The van der Waals surface area contributed by atoms with Gasteiger partial charge in [0.2, 0.25) is 0 Å². The summed E-state index contributed by atoms with van der Waals surface area (Å²) in [6, 6.07) is 0. The van der Waals surface area contributed by atoms with E-state index in [9.17, 15) is 0 Å². The smallest absolute Gasteiger partial charge is 0.0327 e. The Hall–Kier alpha value is 0. The monoisotopic (exact) mass is 141 g/mol. The Morgan fingerprint density at radius 1 is 0.900 bits per heavy atom. The van der Waals surface area contributed by atoms with Crippen LogP contribution in [0.2, 0.25) is 0 Å². The van der Waals surface area contributed by atoms with Crippen molar-refractivity contribution in [2.45, 2.75) is 48.0 Å². The first-order chi connectivity index (χ1) is 4.21. The van der Waals surface area contributed by atoms with Gasteiger partial charge in [0.25, 0.3) is 0 Å². The maximum Gasteiger partial charge on any atom is -0.0327 e. The molecule has 0 saturated heterocycles. The summed E-state index contributed by atoms with van der Waals surface area (Å²) in [6.07, 6.45) is 3.60. The summed E-state index contributed by atoms with van der Waals surface area (Å²) in [6.45, 7) is 13.6. The van der Waals surface area contributed by atoms with Crippen LogP contribution in [0.5, 0.6) is 0 Å². The van der Waals surface area contributed by atoms with Crippen molar-refractivity contribution in [1.29, 1.82) is 0 Å². The van der Waals surface area contributed by atoms with Crippen molar-refractivity contribution >= 4 is 0 Å². The van der Waals surface area contributed by atoms with Crippen molar-refractivity contribution in [3.63, 3.8) is 0 Å². The lowest BCUT2D eigenvalue weighted by atomic mass is 9.81. The van der Waals surface area contributed by atoms with Crippen LogP contribution in [0.25, 0.3) is 0 Å². The van der Waals surface area contributed by atoms with Gasteiger partial charge in [0.15, 0.2) is 0 Å². The third-order valence-electron chi connectivity index (χ3n) is 1.33. The Kier molecular flexibility index (Phi) is 2.94. The van der Waals surface area contributed by atoms with E-state index < -0.39 is 0 Å². The van der Waals surface area contributed by atoms with Gasteiger partial charge in [-0.2, -0.15) is 0 Å². The van der Waals surface area contributed by atoms with Gasteiger partial charge >= 0.3 is 0 Å². The molecule has 1 radical (unpaired) electrons. The van der Waals surface area contributed by atoms with Crippen molar-refractivity contribution in [2.75, 3.05) is 0 Å². The van der Waals surface area contributed by atoms with Gasteiger partial charge < -0.3 is 0 Å². The van der Waals surface area contributed by atoms with Crippen LogP contribution in [-0.4, -0.2) is 0 Å². The third-order valence-corrected chi connectivity index (χ3v) is 1.33. The first-order valence-corrected chi connectivity index (χ1v) is 4.05. The fourth-order valence-corrected chi connectivity index (χ4v) is 0.612. The van der Waals surface area contributed by atoms with E-state index in [4.69, 9.17) is 0 Å². The molecule has 0 spiro atoms. The Morgan fingerprint density at radius 3 is 1.40 bits per heavy atom. The van der Waals surface area contributed by atoms with E-state index in [1.54, 1.807) is 0 Å². The topological polar surface area (TPSA) is 0 Å². The quantitative estimate of drug-likeness (QED) is 0.522.